The Balaban J connectivity index is 1.33. The van der Waals surface area contributed by atoms with Crippen LogP contribution in [0.4, 0.5) is 0 Å². The molecule has 0 spiro atoms. The summed E-state index contributed by atoms with van der Waals surface area (Å²) < 4.78 is 10.4. The molecule has 1 N–H and O–H groups in total. The van der Waals surface area contributed by atoms with Gasteiger partial charge in [0.2, 0.25) is 17.6 Å². The van der Waals surface area contributed by atoms with E-state index < -0.39 is 0 Å². The molecule has 1 aliphatic heterocycles. The summed E-state index contributed by atoms with van der Waals surface area (Å²) >= 11 is 0. The minimum Gasteiger partial charge on any atom is -0.497 e. The number of carbonyl (C=O) groups is 2. The zero-order valence-corrected chi connectivity index (χ0v) is 16.6. The third-order valence-corrected chi connectivity index (χ3v) is 4.96. The van der Waals surface area contributed by atoms with Crippen molar-refractivity contribution >= 4 is 11.8 Å². The number of rotatable bonds is 7. The smallest absolute Gasteiger partial charge is 0.251 e. The lowest BCUT2D eigenvalue weighted by atomic mass is 10.1. The number of likely N-dealkylation sites (tertiary alicyclic amines) is 1. The van der Waals surface area contributed by atoms with E-state index in [0.717, 1.165) is 24.1 Å². The molecule has 0 saturated carbocycles. The minimum atomic E-state index is -0.236. The van der Waals surface area contributed by atoms with E-state index >= 15 is 0 Å². The maximum absolute atomic E-state index is 12.4. The highest BCUT2D eigenvalue weighted by atomic mass is 16.5. The Hall–Kier alpha value is -3.68. The van der Waals surface area contributed by atoms with Gasteiger partial charge in [-0.25, -0.2) is 0 Å². The molecule has 0 atom stereocenters. The molecule has 154 valence electrons. The Bertz CT molecular complexity index is 1050. The van der Waals surface area contributed by atoms with E-state index in [1.165, 1.54) is 0 Å². The first kappa shape index (κ1) is 19.6. The Labute approximate surface area is 173 Å². The third kappa shape index (κ3) is 4.48. The fraction of sp³-hybridized carbons (Fsp3) is 0.273. The van der Waals surface area contributed by atoms with E-state index in [4.69, 9.17) is 9.26 Å². The van der Waals surface area contributed by atoms with Gasteiger partial charge in [0.05, 0.1) is 13.7 Å². The third-order valence-electron chi connectivity index (χ3n) is 4.96. The highest BCUT2D eigenvalue weighted by Crippen LogP contribution is 2.21. The first-order chi connectivity index (χ1) is 14.6. The lowest BCUT2D eigenvalue weighted by Crippen LogP contribution is -2.24. The largest absolute Gasteiger partial charge is 0.497 e. The van der Waals surface area contributed by atoms with Crippen LogP contribution < -0.4 is 10.1 Å². The molecule has 0 aliphatic carbocycles. The molecule has 4 rings (SSSR count). The molecule has 0 unspecified atom stereocenters. The molecule has 2 amide bonds. The Morgan fingerprint density at radius 2 is 2.07 bits per heavy atom. The van der Waals surface area contributed by atoms with Gasteiger partial charge in [-0.05, 0) is 36.2 Å². The van der Waals surface area contributed by atoms with Crippen LogP contribution in [0.2, 0.25) is 0 Å². The second kappa shape index (κ2) is 8.77. The van der Waals surface area contributed by atoms with Crippen molar-refractivity contribution in [3.63, 3.8) is 0 Å². The molecule has 0 bridgehead atoms. The summed E-state index contributed by atoms with van der Waals surface area (Å²) in [4.78, 5) is 30.3. The van der Waals surface area contributed by atoms with Gasteiger partial charge in [0.1, 0.15) is 5.75 Å². The van der Waals surface area contributed by atoms with Gasteiger partial charge in [-0.3, -0.25) is 9.59 Å². The number of carbonyl (C=O) groups excluding carboxylic acids is 2. The molecule has 0 radical (unpaired) electrons. The quantitative estimate of drug-likeness (QED) is 0.648. The van der Waals surface area contributed by atoms with E-state index in [0.29, 0.717) is 36.0 Å². The van der Waals surface area contributed by atoms with Crippen LogP contribution in [0.5, 0.6) is 5.75 Å². The van der Waals surface area contributed by atoms with Crippen molar-refractivity contribution in [2.24, 2.45) is 0 Å². The zero-order valence-electron chi connectivity index (χ0n) is 16.6. The SMILES string of the molecule is COc1cccc(-c2noc(CNC(=O)c3ccc(CN4CCCC4=O)cc3)n2)c1. The van der Waals surface area contributed by atoms with Crippen LogP contribution in [0.25, 0.3) is 11.4 Å². The second-order valence-corrected chi connectivity index (χ2v) is 7.04. The first-order valence-electron chi connectivity index (χ1n) is 9.74. The summed E-state index contributed by atoms with van der Waals surface area (Å²) in [6.45, 7) is 1.50. The number of ether oxygens (including phenoxy) is 1. The van der Waals surface area contributed by atoms with Crippen molar-refractivity contribution < 1.29 is 18.8 Å². The van der Waals surface area contributed by atoms with Crippen LogP contribution in [0.15, 0.2) is 53.1 Å². The average Bonchev–Trinajstić information content (AvgIpc) is 3.42. The van der Waals surface area contributed by atoms with E-state index in [1.807, 2.05) is 41.3 Å². The van der Waals surface area contributed by atoms with E-state index in [9.17, 15) is 9.59 Å². The van der Waals surface area contributed by atoms with Crippen LogP contribution in [0.3, 0.4) is 0 Å². The Morgan fingerprint density at radius 1 is 1.23 bits per heavy atom. The molecule has 30 heavy (non-hydrogen) atoms. The maximum atomic E-state index is 12.4. The number of aromatic nitrogens is 2. The Morgan fingerprint density at radius 3 is 2.80 bits per heavy atom. The van der Waals surface area contributed by atoms with Crippen LogP contribution >= 0.6 is 0 Å². The number of hydrogen-bond donors (Lipinski definition) is 1. The molecule has 1 saturated heterocycles. The number of nitrogens with one attached hydrogen (secondary N) is 1. The minimum absolute atomic E-state index is 0.125. The number of amides is 2. The lowest BCUT2D eigenvalue weighted by molar-refractivity contribution is -0.128. The maximum Gasteiger partial charge on any atom is 0.251 e. The summed E-state index contributed by atoms with van der Waals surface area (Å²) in [7, 11) is 1.59. The van der Waals surface area contributed by atoms with Crippen LogP contribution in [-0.4, -0.2) is 40.5 Å². The molecule has 2 aromatic carbocycles. The number of hydrogen-bond acceptors (Lipinski definition) is 6. The fourth-order valence-electron chi connectivity index (χ4n) is 3.32. The van der Waals surface area contributed by atoms with Gasteiger partial charge in [-0.2, -0.15) is 4.98 Å². The van der Waals surface area contributed by atoms with Gasteiger partial charge in [0, 0.05) is 30.6 Å². The van der Waals surface area contributed by atoms with E-state index in [1.54, 1.807) is 19.2 Å². The lowest BCUT2D eigenvalue weighted by Gasteiger charge is -2.15. The standard InChI is InChI=1S/C22H22N4O4/c1-29-18-5-2-4-17(12-18)21-24-19(30-25-21)13-23-22(28)16-9-7-15(8-10-16)14-26-11-3-6-20(26)27/h2,4-5,7-10,12H,3,6,11,13-14H2,1H3,(H,23,28). The van der Waals surface area contributed by atoms with Gasteiger partial charge in [-0.1, -0.05) is 29.4 Å². The van der Waals surface area contributed by atoms with Crippen molar-refractivity contribution in [2.75, 3.05) is 13.7 Å². The van der Waals surface area contributed by atoms with E-state index in [2.05, 4.69) is 15.5 Å². The molecule has 3 aromatic rings. The summed E-state index contributed by atoms with van der Waals surface area (Å²) in [5.41, 5.74) is 2.29. The highest BCUT2D eigenvalue weighted by molar-refractivity contribution is 5.94. The molecule has 2 heterocycles. The molecular formula is C22H22N4O4. The number of benzene rings is 2. The van der Waals surface area contributed by atoms with Gasteiger partial charge < -0.3 is 19.5 Å². The predicted molar refractivity (Wildman–Crippen MR) is 109 cm³/mol. The van der Waals surface area contributed by atoms with E-state index in [-0.39, 0.29) is 18.4 Å². The monoisotopic (exact) mass is 406 g/mol. The van der Waals surface area contributed by atoms with Gasteiger partial charge in [-0.15, -0.1) is 0 Å². The van der Waals surface area contributed by atoms with Crippen molar-refractivity contribution in [3.8, 4) is 17.1 Å². The molecular weight excluding hydrogens is 384 g/mol. The van der Waals surface area contributed by atoms with Crippen molar-refractivity contribution in [3.05, 3.63) is 65.5 Å². The second-order valence-electron chi connectivity index (χ2n) is 7.04. The van der Waals surface area contributed by atoms with Crippen LogP contribution in [-0.2, 0) is 17.9 Å². The topological polar surface area (TPSA) is 97.6 Å². The van der Waals surface area contributed by atoms with Gasteiger partial charge in [0.25, 0.3) is 5.91 Å². The molecule has 1 aliphatic rings. The fourth-order valence-corrected chi connectivity index (χ4v) is 3.32. The molecule has 1 aromatic heterocycles. The summed E-state index contributed by atoms with van der Waals surface area (Å²) in [5.74, 6) is 1.39. The number of nitrogens with zero attached hydrogens (tertiary/aromatic N) is 3. The van der Waals surface area contributed by atoms with Crippen LogP contribution in [0, 0.1) is 0 Å². The molecule has 8 nitrogen and oxygen atoms in total. The average molecular weight is 406 g/mol. The summed E-state index contributed by atoms with van der Waals surface area (Å²) in [6, 6.07) is 14.6. The van der Waals surface area contributed by atoms with Crippen molar-refractivity contribution in [1.29, 1.82) is 0 Å². The van der Waals surface area contributed by atoms with Crippen molar-refractivity contribution in [2.45, 2.75) is 25.9 Å². The van der Waals surface area contributed by atoms with Gasteiger partial charge in [0.15, 0.2) is 0 Å². The van der Waals surface area contributed by atoms with Gasteiger partial charge >= 0.3 is 0 Å². The van der Waals surface area contributed by atoms with Crippen molar-refractivity contribution in [1.82, 2.24) is 20.4 Å². The number of methoxy groups -OCH3 is 1. The Kier molecular flexibility index (Phi) is 5.74. The normalized spacial score (nSPS) is 13.5. The summed E-state index contributed by atoms with van der Waals surface area (Å²) in [6.07, 6.45) is 1.53. The summed E-state index contributed by atoms with van der Waals surface area (Å²) in [5, 5.41) is 6.73. The predicted octanol–water partition coefficient (Wildman–Crippen LogP) is 2.80. The van der Waals surface area contributed by atoms with Crippen LogP contribution in [0.1, 0.15) is 34.7 Å². The zero-order chi connectivity index (χ0) is 20.9. The molecule has 8 heteroatoms. The molecule has 1 fully saturated rings. The first-order valence-corrected chi connectivity index (χ1v) is 9.74. The highest BCUT2D eigenvalue weighted by Gasteiger charge is 2.20.